The molecular weight excluding hydrogens is 816 g/mol. The third-order valence-corrected chi connectivity index (χ3v) is 12.7. The van der Waals surface area contributed by atoms with Crippen molar-refractivity contribution in [2.24, 2.45) is 0 Å². The smallest absolute Gasteiger partial charge is 0.268 e. The van der Waals surface area contributed by atoms with E-state index < -0.39 is 26.6 Å². The highest BCUT2D eigenvalue weighted by atomic mass is 31.2. The van der Waals surface area contributed by atoms with Crippen LogP contribution in [0.2, 0.25) is 0 Å². The number of aliphatic hydroxyl groups is 1. The maximum atomic E-state index is 12.9. The van der Waals surface area contributed by atoms with Crippen LogP contribution in [0.15, 0.2) is 60.8 Å². The molecule has 8 nitrogen and oxygen atoms in total. The molecule has 0 bridgehead atoms. The molecule has 0 saturated heterocycles. The van der Waals surface area contributed by atoms with Gasteiger partial charge in [0.25, 0.3) is 7.82 Å². The van der Waals surface area contributed by atoms with E-state index in [0.717, 1.165) is 77.0 Å². The molecule has 0 radical (unpaired) electrons. The number of rotatable bonds is 48. The van der Waals surface area contributed by atoms with Gasteiger partial charge in [0.05, 0.1) is 39.9 Å². The Kier molecular flexibility index (Phi) is 45.0. The topological polar surface area (TPSA) is 108 Å². The number of unbranched alkanes of at least 4 members (excludes halogenated alkanes) is 27. The number of carbonyl (C=O) groups is 1. The third kappa shape index (κ3) is 48.1. The first-order valence-electron chi connectivity index (χ1n) is 26.7. The second-order valence-electron chi connectivity index (χ2n) is 19.2. The highest BCUT2D eigenvalue weighted by Crippen LogP contribution is 2.38. The van der Waals surface area contributed by atoms with Crippen molar-refractivity contribution in [3.8, 4) is 0 Å². The minimum absolute atomic E-state index is 0.0122. The molecule has 1 amide bonds. The predicted molar refractivity (Wildman–Crippen MR) is 274 cm³/mol. The fourth-order valence-electron chi connectivity index (χ4n) is 7.54. The van der Waals surface area contributed by atoms with Gasteiger partial charge in [0.2, 0.25) is 5.91 Å². The Morgan fingerprint density at radius 3 is 1.45 bits per heavy atom. The van der Waals surface area contributed by atoms with E-state index in [2.05, 4.69) is 67.8 Å². The molecule has 0 aliphatic carbocycles. The van der Waals surface area contributed by atoms with Crippen molar-refractivity contribution in [2.45, 2.75) is 244 Å². The Balaban J connectivity index is 4.27. The molecule has 0 aromatic rings. The van der Waals surface area contributed by atoms with E-state index >= 15 is 0 Å². The monoisotopic (exact) mass is 919 g/mol. The molecule has 0 aromatic heterocycles. The number of hydrogen-bond donors (Lipinski definition) is 2. The first-order chi connectivity index (χ1) is 31.0. The summed E-state index contributed by atoms with van der Waals surface area (Å²) in [7, 11) is 1.23. The largest absolute Gasteiger partial charge is 0.756 e. The molecular formula is C55H103N2O6P. The average Bonchev–Trinajstić information content (AvgIpc) is 3.25. The number of carbonyl (C=O) groups excluding carboxylic acids is 1. The molecule has 0 aromatic carbocycles. The minimum Gasteiger partial charge on any atom is -0.756 e. The molecule has 2 N–H and O–H groups in total. The summed E-state index contributed by atoms with van der Waals surface area (Å²) in [6.45, 7) is 4.51. The molecule has 0 aliphatic heterocycles. The summed E-state index contributed by atoms with van der Waals surface area (Å²) in [5, 5.41) is 13.8. The average molecular weight is 919 g/mol. The van der Waals surface area contributed by atoms with E-state index in [-0.39, 0.29) is 12.5 Å². The summed E-state index contributed by atoms with van der Waals surface area (Å²) in [4.78, 5) is 25.4. The lowest BCUT2D eigenvalue weighted by molar-refractivity contribution is -0.870. The number of nitrogens with zero attached hydrogens (tertiary/aromatic N) is 1. The molecule has 0 spiro atoms. The van der Waals surface area contributed by atoms with E-state index in [1.54, 1.807) is 6.08 Å². The van der Waals surface area contributed by atoms with Gasteiger partial charge in [0.15, 0.2) is 0 Å². The summed E-state index contributed by atoms with van der Waals surface area (Å²) < 4.78 is 23.3. The van der Waals surface area contributed by atoms with E-state index in [1.807, 2.05) is 27.2 Å². The Morgan fingerprint density at radius 1 is 0.562 bits per heavy atom. The third-order valence-electron chi connectivity index (χ3n) is 11.7. The van der Waals surface area contributed by atoms with Gasteiger partial charge in [-0.2, -0.15) is 0 Å². The zero-order chi connectivity index (χ0) is 47.1. The first-order valence-corrected chi connectivity index (χ1v) is 28.1. The van der Waals surface area contributed by atoms with E-state index in [0.29, 0.717) is 17.4 Å². The highest BCUT2D eigenvalue weighted by Gasteiger charge is 2.23. The number of likely N-dealkylation sites (N-methyl/N-ethyl adjacent to an activating group) is 1. The summed E-state index contributed by atoms with van der Waals surface area (Å²) in [5.41, 5.74) is 0. The van der Waals surface area contributed by atoms with Crippen LogP contribution in [-0.4, -0.2) is 68.5 Å². The van der Waals surface area contributed by atoms with Gasteiger partial charge in [-0.05, 0) is 64.2 Å². The number of hydrogen-bond acceptors (Lipinski definition) is 6. The number of allylic oxidation sites excluding steroid dienone is 9. The van der Waals surface area contributed by atoms with E-state index in [4.69, 9.17) is 9.05 Å². The zero-order valence-corrected chi connectivity index (χ0v) is 43.4. The summed E-state index contributed by atoms with van der Waals surface area (Å²) in [5.74, 6) is -0.225. The molecule has 9 heteroatoms. The van der Waals surface area contributed by atoms with Crippen molar-refractivity contribution in [3.63, 3.8) is 0 Å². The minimum atomic E-state index is -4.61. The SMILES string of the molecule is CC/C=C\C/C=C\C/C=C\CCCCCCCC(=O)NC(COP(=O)([O-])OCC[N+](C)(C)C)C(O)/C=C/CC/C=C/CCCCCCCCCCCCCCCCCCCCCCC. The maximum Gasteiger partial charge on any atom is 0.268 e. The van der Waals surface area contributed by atoms with Gasteiger partial charge in [-0.1, -0.05) is 222 Å². The Labute approximate surface area is 396 Å². The quantitative estimate of drug-likeness (QED) is 0.0272. The number of phosphoric acid groups is 1. The van der Waals surface area contributed by atoms with Crippen molar-refractivity contribution in [2.75, 3.05) is 40.9 Å². The van der Waals surface area contributed by atoms with Crippen molar-refractivity contribution in [3.05, 3.63) is 60.8 Å². The van der Waals surface area contributed by atoms with Crippen LogP contribution >= 0.6 is 7.82 Å². The van der Waals surface area contributed by atoms with Crippen LogP contribution in [0.3, 0.4) is 0 Å². The van der Waals surface area contributed by atoms with Crippen LogP contribution < -0.4 is 10.2 Å². The first kappa shape index (κ1) is 62.2. The van der Waals surface area contributed by atoms with Gasteiger partial charge in [-0.3, -0.25) is 9.36 Å². The van der Waals surface area contributed by atoms with Crippen LogP contribution in [0.25, 0.3) is 0 Å². The molecule has 0 saturated carbocycles. The lowest BCUT2D eigenvalue weighted by Crippen LogP contribution is -2.45. The summed E-state index contributed by atoms with van der Waals surface area (Å²) in [6, 6.07) is -0.915. The van der Waals surface area contributed by atoms with Crippen molar-refractivity contribution in [1.29, 1.82) is 0 Å². The Morgan fingerprint density at radius 2 is 0.969 bits per heavy atom. The van der Waals surface area contributed by atoms with Crippen molar-refractivity contribution in [1.82, 2.24) is 5.32 Å². The normalized spacial score (nSPS) is 14.5. The highest BCUT2D eigenvalue weighted by molar-refractivity contribution is 7.45. The predicted octanol–water partition coefficient (Wildman–Crippen LogP) is 15.1. The van der Waals surface area contributed by atoms with Crippen LogP contribution in [0.1, 0.15) is 232 Å². The van der Waals surface area contributed by atoms with Crippen LogP contribution in [0.4, 0.5) is 0 Å². The number of phosphoric ester groups is 1. The fraction of sp³-hybridized carbons (Fsp3) is 0.800. The van der Waals surface area contributed by atoms with Crippen LogP contribution in [0.5, 0.6) is 0 Å². The fourth-order valence-corrected chi connectivity index (χ4v) is 8.26. The molecule has 64 heavy (non-hydrogen) atoms. The number of aliphatic hydroxyl groups excluding tert-OH is 1. The van der Waals surface area contributed by atoms with Gasteiger partial charge in [0, 0.05) is 6.42 Å². The summed E-state index contributed by atoms with van der Waals surface area (Å²) >= 11 is 0. The number of amides is 1. The van der Waals surface area contributed by atoms with Crippen molar-refractivity contribution < 1.29 is 32.9 Å². The van der Waals surface area contributed by atoms with Gasteiger partial charge in [0.1, 0.15) is 13.2 Å². The van der Waals surface area contributed by atoms with Crippen LogP contribution in [-0.2, 0) is 18.4 Å². The lowest BCUT2D eigenvalue weighted by Gasteiger charge is -2.29. The molecule has 0 rings (SSSR count). The van der Waals surface area contributed by atoms with Gasteiger partial charge in [-0.15, -0.1) is 0 Å². The van der Waals surface area contributed by atoms with Gasteiger partial charge in [-0.25, -0.2) is 0 Å². The van der Waals surface area contributed by atoms with E-state index in [9.17, 15) is 19.4 Å². The Bertz CT molecular complexity index is 1230. The number of nitrogens with one attached hydrogen (secondary N) is 1. The number of quaternary nitrogens is 1. The second kappa shape index (κ2) is 46.3. The maximum absolute atomic E-state index is 12.9. The summed E-state index contributed by atoms with van der Waals surface area (Å²) in [6.07, 6.45) is 61.6. The molecule has 374 valence electrons. The Hall–Kier alpha value is -1.80. The van der Waals surface area contributed by atoms with Gasteiger partial charge < -0.3 is 28.8 Å². The van der Waals surface area contributed by atoms with Crippen molar-refractivity contribution >= 4 is 13.7 Å². The molecule has 3 unspecified atom stereocenters. The van der Waals surface area contributed by atoms with Crippen LogP contribution in [0, 0.1) is 0 Å². The second-order valence-corrected chi connectivity index (χ2v) is 20.6. The molecule has 0 fully saturated rings. The molecule has 0 aliphatic rings. The lowest BCUT2D eigenvalue weighted by atomic mass is 10.0. The zero-order valence-electron chi connectivity index (χ0n) is 42.5. The van der Waals surface area contributed by atoms with Gasteiger partial charge >= 0.3 is 0 Å². The molecule has 0 heterocycles. The van der Waals surface area contributed by atoms with E-state index in [1.165, 1.54) is 135 Å². The molecule has 3 atom stereocenters. The standard InChI is InChI=1S/C55H103N2O6P/c1-6-8-10-12-14-16-18-20-22-23-24-25-26-27-28-29-30-31-32-33-35-36-38-40-42-44-46-48-54(58)53(52-63-64(60,61)62-51-50-57(3,4)5)56-55(59)49-47-45-43-41-39-37-34-21-19-17-15-13-11-9-7-2/h9,11,15,17,21,34,38,40,46,48,53-54,58H,6-8,10,12-14,16,18-20,22-33,35-37,39,41-45,47,49-52H2,1-5H3,(H-,56,59,60,61)/b11-9-,17-15-,34-21-,40-38+,48-46+.